The van der Waals surface area contributed by atoms with Gasteiger partial charge in [-0.15, -0.1) is 0 Å². The molecule has 0 aromatic heterocycles. The molecule has 0 aromatic carbocycles. The van der Waals surface area contributed by atoms with Gasteiger partial charge in [-0.2, -0.15) is 0 Å². The van der Waals surface area contributed by atoms with Crippen LogP contribution in [0.2, 0.25) is 0 Å². The summed E-state index contributed by atoms with van der Waals surface area (Å²) in [4.78, 5) is 2.06. The first-order valence-corrected chi connectivity index (χ1v) is 4.68. The summed E-state index contributed by atoms with van der Waals surface area (Å²) in [5.74, 6) is 0.602. The minimum absolute atomic E-state index is 0.524. The van der Waals surface area contributed by atoms with E-state index in [9.17, 15) is 0 Å². The van der Waals surface area contributed by atoms with Crippen LogP contribution in [0.5, 0.6) is 0 Å². The molecule has 0 bridgehead atoms. The number of likely N-dealkylation sites (tertiary alicyclic amines) is 1. The van der Waals surface area contributed by atoms with Crippen LogP contribution < -0.4 is 5.73 Å². The van der Waals surface area contributed by atoms with Crippen LogP contribution in [0.4, 0.5) is 0 Å². The van der Waals surface area contributed by atoms with Gasteiger partial charge in [0.2, 0.25) is 0 Å². The van der Waals surface area contributed by atoms with Crippen molar-refractivity contribution in [1.29, 1.82) is 0 Å². The summed E-state index contributed by atoms with van der Waals surface area (Å²) < 4.78 is 5.10. The van der Waals surface area contributed by atoms with Gasteiger partial charge in [-0.05, 0) is 31.0 Å². The number of hydrogen-bond donors (Lipinski definition) is 1. The molecular weight excluding hydrogens is 172 g/mol. The number of piperidine rings is 1. The zero-order chi connectivity index (χ0) is 8.97. The van der Waals surface area contributed by atoms with Gasteiger partial charge in [-0.3, -0.25) is 0 Å². The molecule has 1 unspecified atom stereocenters. The molecule has 2 N–H and O–H groups in total. The van der Waals surface area contributed by atoms with E-state index >= 15 is 0 Å². The topological polar surface area (TPSA) is 38.5 Å². The lowest BCUT2D eigenvalue weighted by atomic mass is 9.99. The van der Waals surface area contributed by atoms with Crippen molar-refractivity contribution in [3.63, 3.8) is 0 Å². The van der Waals surface area contributed by atoms with Gasteiger partial charge in [0, 0.05) is 20.2 Å². The number of hydrogen-bond acceptors (Lipinski definition) is 2. The quantitative estimate of drug-likeness (QED) is 0.644. The average molecular weight is 188 g/mol. The van der Waals surface area contributed by atoms with E-state index in [2.05, 4.69) is 4.90 Å². The molecule has 0 spiro atoms. The number of methoxy groups -OCH3 is 1. The summed E-state index contributed by atoms with van der Waals surface area (Å²) in [6.45, 7) is 2.79. The van der Waals surface area contributed by atoms with E-state index in [1.165, 1.54) is 12.8 Å². The highest BCUT2D eigenvalue weighted by Gasteiger charge is 2.19. The molecule has 0 amide bonds. The zero-order valence-corrected chi connectivity index (χ0v) is 8.27. The van der Waals surface area contributed by atoms with E-state index in [0.717, 1.165) is 19.7 Å². The third kappa shape index (κ3) is 2.60. The Kier molecular flexibility index (Phi) is 3.75. The molecule has 1 saturated heterocycles. The molecule has 0 saturated carbocycles. The maximum Gasteiger partial charge on any atom is 0.166 e. The third-order valence-electron chi connectivity index (χ3n) is 2.23. The van der Waals surface area contributed by atoms with E-state index in [4.69, 9.17) is 22.7 Å². The van der Waals surface area contributed by atoms with Crippen molar-refractivity contribution in [1.82, 2.24) is 4.90 Å². The Morgan fingerprint density at radius 1 is 1.75 bits per heavy atom. The first kappa shape index (κ1) is 9.74. The Morgan fingerprint density at radius 3 is 3.08 bits per heavy atom. The van der Waals surface area contributed by atoms with Gasteiger partial charge in [0.1, 0.15) is 0 Å². The molecule has 1 fully saturated rings. The first-order chi connectivity index (χ1) is 5.74. The Morgan fingerprint density at radius 2 is 2.50 bits per heavy atom. The van der Waals surface area contributed by atoms with Gasteiger partial charge in [0.25, 0.3) is 0 Å². The molecular formula is C8H16N2OS. The predicted molar refractivity (Wildman–Crippen MR) is 53.0 cm³/mol. The van der Waals surface area contributed by atoms with E-state index < -0.39 is 0 Å². The summed E-state index contributed by atoms with van der Waals surface area (Å²) in [5, 5.41) is 0.524. The van der Waals surface area contributed by atoms with Crippen LogP contribution in [0.3, 0.4) is 0 Å². The number of rotatable bonds is 2. The van der Waals surface area contributed by atoms with Gasteiger partial charge in [-0.25, -0.2) is 0 Å². The second kappa shape index (κ2) is 4.62. The van der Waals surface area contributed by atoms with Crippen molar-refractivity contribution in [2.24, 2.45) is 11.7 Å². The van der Waals surface area contributed by atoms with Gasteiger partial charge in [0.05, 0.1) is 6.61 Å². The van der Waals surface area contributed by atoms with E-state index in [0.29, 0.717) is 11.0 Å². The van der Waals surface area contributed by atoms with Crippen LogP contribution in [-0.4, -0.2) is 36.8 Å². The van der Waals surface area contributed by atoms with Gasteiger partial charge < -0.3 is 15.4 Å². The minimum Gasteiger partial charge on any atom is -0.384 e. The molecule has 1 heterocycles. The number of nitrogens with two attached hydrogens (primary N) is 1. The zero-order valence-electron chi connectivity index (χ0n) is 7.45. The van der Waals surface area contributed by atoms with Crippen LogP contribution in [0.15, 0.2) is 0 Å². The Bertz CT molecular complexity index is 161. The van der Waals surface area contributed by atoms with Crippen molar-refractivity contribution in [3.05, 3.63) is 0 Å². The van der Waals surface area contributed by atoms with Crippen LogP contribution in [0.25, 0.3) is 0 Å². The molecule has 1 aliphatic heterocycles. The lowest BCUT2D eigenvalue weighted by Gasteiger charge is -2.32. The molecule has 1 rings (SSSR count). The molecule has 3 nitrogen and oxygen atoms in total. The van der Waals surface area contributed by atoms with Gasteiger partial charge in [-0.1, -0.05) is 0 Å². The monoisotopic (exact) mass is 188 g/mol. The highest BCUT2D eigenvalue weighted by Crippen LogP contribution is 2.15. The summed E-state index contributed by atoms with van der Waals surface area (Å²) in [6.07, 6.45) is 2.40. The fourth-order valence-electron chi connectivity index (χ4n) is 1.64. The van der Waals surface area contributed by atoms with E-state index in [1.807, 2.05) is 0 Å². The van der Waals surface area contributed by atoms with Crippen molar-refractivity contribution in [2.45, 2.75) is 12.8 Å². The largest absolute Gasteiger partial charge is 0.384 e. The second-order valence-electron chi connectivity index (χ2n) is 3.25. The molecule has 4 heteroatoms. The number of nitrogens with zero attached hydrogens (tertiary/aromatic N) is 1. The summed E-state index contributed by atoms with van der Waals surface area (Å²) in [7, 11) is 1.74. The molecule has 1 aliphatic rings. The van der Waals surface area contributed by atoms with Crippen molar-refractivity contribution < 1.29 is 4.74 Å². The highest BCUT2D eigenvalue weighted by atomic mass is 32.1. The van der Waals surface area contributed by atoms with Crippen LogP contribution in [0, 0.1) is 5.92 Å². The lowest BCUT2D eigenvalue weighted by molar-refractivity contribution is 0.116. The molecule has 0 radical (unpaired) electrons. The van der Waals surface area contributed by atoms with E-state index in [-0.39, 0.29) is 0 Å². The van der Waals surface area contributed by atoms with Gasteiger partial charge >= 0.3 is 0 Å². The predicted octanol–water partition coefficient (Wildman–Crippen LogP) is 0.588. The fourth-order valence-corrected chi connectivity index (χ4v) is 1.80. The standard InChI is InChI=1S/C8H16N2OS/c1-11-6-7-3-2-4-10(5-7)8(9)12/h7H,2-6H2,1H3,(H2,9,12). The van der Waals surface area contributed by atoms with Crippen molar-refractivity contribution in [3.8, 4) is 0 Å². The molecule has 1 atom stereocenters. The summed E-state index contributed by atoms with van der Waals surface area (Å²) >= 11 is 4.92. The fraction of sp³-hybridized carbons (Fsp3) is 0.875. The molecule has 12 heavy (non-hydrogen) atoms. The molecule has 0 aliphatic carbocycles. The summed E-state index contributed by atoms with van der Waals surface area (Å²) in [6, 6.07) is 0. The maximum atomic E-state index is 5.54. The minimum atomic E-state index is 0.524. The SMILES string of the molecule is COCC1CCCN(C(N)=S)C1. The lowest BCUT2D eigenvalue weighted by Crippen LogP contribution is -2.43. The number of ether oxygens (including phenoxy) is 1. The highest BCUT2D eigenvalue weighted by molar-refractivity contribution is 7.80. The molecule has 70 valence electrons. The Hall–Kier alpha value is -0.350. The van der Waals surface area contributed by atoms with Crippen LogP contribution in [0.1, 0.15) is 12.8 Å². The van der Waals surface area contributed by atoms with Crippen molar-refractivity contribution >= 4 is 17.3 Å². The smallest absolute Gasteiger partial charge is 0.166 e. The van der Waals surface area contributed by atoms with Crippen LogP contribution in [-0.2, 0) is 4.74 Å². The average Bonchev–Trinajstić information content (AvgIpc) is 2.05. The maximum absolute atomic E-state index is 5.54. The Balaban J connectivity index is 2.35. The van der Waals surface area contributed by atoms with Gasteiger partial charge in [0.15, 0.2) is 5.11 Å². The van der Waals surface area contributed by atoms with Crippen LogP contribution >= 0.6 is 12.2 Å². The normalized spacial score (nSPS) is 24.1. The number of thiocarbonyl (C=S) groups is 1. The van der Waals surface area contributed by atoms with Crippen molar-refractivity contribution in [2.75, 3.05) is 26.8 Å². The second-order valence-corrected chi connectivity index (χ2v) is 3.67. The summed E-state index contributed by atoms with van der Waals surface area (Å²) in [5.41, 5.74) is 5.54. The third-order valence-corrected chi connectivity index (χ3v) is 2.49. The molecule has 0 aromatic rings. The Labute approximate surface area is 78.9 Å². The van der Waals surface area contributed by atoms with E-state index in [1.54, 1.807) is 7.11 Å². The first-order valence-electron chi connectivity index (χ1n) is 4.27.